The van der Waals surface area contributed by atoms with Crippen molar-refractivity contribution in [2.45, 2.75) is 39.0 Å². The number of ether oxygens (including phenoxy) is 2. The lowest BCUT2D eigenvalue weighted by Gasteiger charge is -2.23. The van der Waals surface area contributed by atoms with Gasteiger partial charge in [-0.3, -0.25) is 4.79 Å². The lowest BCUT2D eigenvalue weighted by Crippen LogP contribution is -2.30. The van der Waals surface area contributed by atoms with E-state index in [4.69, 9.17) is 9.47 Å². The topological polar surface area (TPSA) is 87.7 Å². The molecule has 0 spiro atoms. The van der Waals surface area contributed by atoms with Gasteiger partial charge in [-0.05, 0) is 30.0 Å². The van der Waals surface area contributed by atoms with E-state index >= 15 is 0 Å². The molecule has 0 aromatic heterocycles. The molecular weight excluding hydrogens is 298 g/mol. The Balaban J connectivity index is 2.55. The second-order valence-corrected chi connectivity index (χ2v) is 6.18. The number of carbonyl (C=O) groups excluding carboxylic acids is 2. The van der Waals surface area contributed by atoms with E-state index in [-0.39, 0.29) is 24.2 Å². The van der Waals surface area contributed by atoms with Crippen LogP contribution in [0, 0.1) is 0 Å². The smallest absolute Gasteiger partial charge is 0.220 e. The molecule has 0 saturated heterocycles. The number of carboxylic acids is 1. The zero-order chi connectivity index (χ0) is 17.5. The van der Waals surface area contributed by atoms with Crippen molar-refractivity contribution in [2.24, 2.45) is 0 Å². The maximum absolute atomic E-state index is 11.4. The quantitative estimate of drug-likeness (QED) is 0.722. The number of hydrogen-bond donors (Lipinski definition) is 1. The Kier molecular flexibility index (Phi) is 6.88. The summed E-state index contributed by atoms with van der Waals surface area (Å²) in [6, 6.07) is 5.61. The van der Waals surface area contributed by atoms with Gasteiger partial charge >= 0.3 is 0 Å². The minimum absolute atomic E-state index is 0.0852. The molecule has 1 aromatic rings. The third kappa shape index (κ3) is 6.59. The molecule has 0 saturated carbocycles. The third-order valence-corrected chi connectivity index (χ3v) is 3.23. The van der Waals surface area contributed by atoms with Crippen molar-refractivity contribution in [2.75, 3.05) is 20.3 Å². The van der Waals surface area contributed by atoms with Crippen molar-refractivity contribution in [3.05, 3.63) is 23.8 Å². The van der Waals surface area contributed by atoms with Gasteiger partial charge in [0.2, 0.25) is 5.91 Å². The van der Waals surface area contributed by atoms with Crippen LogP contribution >= 0.6 is 0 Å². The van der Waals surface area contributed by atoms with Crippen LogP contribution in [-0.2, 0) is 15.0 Å². The van der Waals surface area contributed by atoms with Crippen molar-refractivity contribution in [3.63, 3.8) is 0 Å². The Hall–Kier alpha value is -2.24. The van der Waals surface area contributed by atoms with E-state index < -0.39 is 5.97 Å². The van der Waals surface area contributed by atoms with Gasteiger partial charge in [-0.1, -0.05) is 20.8 Å². The summed E-state index contributed by atoms with van der Waals surface area (Å²) in [5, 5.41) is 12.9. The van der Waals surface area contributed by atoms with Crippen LogP contribution in [0.3, 0.4) is 0 Å². The number of amides is 1. The van der Waals surface area contributed by atoms with Crippen LogP contribution in [0.1, 0.15) is 39.2 Å². The Morgan fingerprint density at radius 3 is 2.48 bits per heavy atom. The van der Waals surface area contributed by atoms with Gasteiger partial charge in [0.15, 0.2) is 0 Å². The summed E-state index contributed by atoms with van der Waals surface area (Å²) >= 11 is 0. The molecule has 0 heterocycles. The Labute approximate surface area is 136 Å². The Bertz CT molecular complexity index is 548. The Morgan fingerprint density at radius 1 is 1.22 bits per heavy atom. The molecule has 128 valence electrons. The predicted molar refractivity (Wildman–Crippen MR) is 84.4 cm³/mol. The van der Waals surface area contributed by atoms with Gasteiger partial charge in [-0.15, -0.1) is 0 Å². The summed E-state index contributed by atoms with van der Waals surface area (Å²) in [6.45, 7) is 6.84. The highest BCUT2D eigenvalue weighted by molar-refractivity contribution is 5.79. The van der Waals surface area contributed by atoms with Crippen LogP contribution < -0.4 is 19.9 Å². The van der Waals surface area contributed by atoms with Gasteiger partial charge in [0.25, 0.3) is 0 Å². The summed E-state index contributed by atoms with van der Waals surface area (Å²) in [7, 11) is 1.62. The molecule has 6 heteroatoms. The molecule has 1 rings (SSSR count). The second kappa shape index (κ2) is 8.41. The number of rotatable bonds is 8. The highest BCUT2D eigenvalue weighted by atomic mass is 16.5. The number of nitrogens with one attached hydrogen (secondary N) is 1. The standard InChI is InChI=1S/C17H25NO5/c1-17(2,3)13-11-12(22-4)5-6-14(13)23-10-9-18-15(19)7-8-16(20)21/h5-6,11H,7-10H2,1-4H3,(H,18,19)(H,20,21)/p-1. The number of hydrogen-bond acceptors (Lipinski definition) is 5. The minimum atomic E-state index is -1.23. The third-order valence-electron chi connectivity index (χ3n) is 3.23. The van der Waals surface area contributed by atoms with Gasteiger partial charge < -0.3 is 24.7 Å². The first-order valence-corrected chi connectivity index (χ1v) is 7.52. The number of carboxylic acid groups (broad SMARTS) is 1. The molecule has 0 aliphatic carbocycles. The molecular formula is C17H24NO5-. The Morgan fingerprint density at radius 2 is 1.91 bits per heavy atom. The van der Waals surface area contributed by atoms with Gasteiger partial charge in [-0.25, -0.2) is 0 Å². The highest BCUT2D eigenvalue weighted by Crippen LogP contribution is 2.34. The van der Waals surface area contributed by atoms with Crippen LogP contribution in [-0.4, -0.2) is 32.1 Å². The molecule has 0 atom stereocenters. The van der Waals surface area contributed by atoms with Crippen LogP contribution in [0.15, 0.2) is 18.2 Å². The lowest BCUT2D eigenvalue weighted by molar-refractivity contribution is -0.305. The molecule has 0 bridgehead atoms. The average molecular weight is 322 g/mol. The molecule has 0 radical (unpaired) electrons. The van der Waals surface area contributed by atoms with E-state index in [0.717, 1.165) is 17.1 Å². The number of benzene rings is 1. The fraction of sp³-hybridized carbons (Fsp3) is 0.529. The van der Waals surface area contributed by atoms with Crippen molar-refractivity contribution < 1.29 is 24.2 Å². The number of methoxy groups -OCH3 is 1. The maximum Gasteiger partial charge on any atom is 0.220 e. The summed E-state index contributed by atoms with van der Waals surface area (Å²) in [6.07, 6.45) is -0.364. The van der Waals surface area contributed by atoms with Crippen LogP contribution in [0.4, 0.5) is 0 Å². The minimum Gasteiger partial charge on any atom is -0.550 e. The highest BCUT2D eigenvalue weighted by Gasteiger charge is 2.20. The fourth-order valence-corrected chi connectivity index (χ4v) is 2.00. The summed E-state index contributed by atoms with van der Waals surface area (Å²) in [5.74, 6) is -0.0619. The zero-order valence-corrected chi connectivity index (χ0v) is 14.1. The SMILES string of the molecule is COc1ccc(OCCNC(=O)CCC(=O)[O-])c(C(C)(C)C)c1. The van der Waals surface area contributed by atoms with E-state index in [9.17, 15) is 14.7 Å². The number of carbonyl (C=O) groups is 2. The molecule has 0 aliphatic heterocycles. The van der Waals surface area contributed by atoms with Crippen molar-refractivity contribution in [1.29, 1.82) is 0 Å². The van der Waals surface area contributed by atoms with Gasteiger partial charge in [0, 0.05) is 18.0 Å². The molecule has 0 fully saturated rings. The average Bonchev–Trinajstić information content (AvgIpc) is 2.48. The van der Waals surface area contributed by atoms with E-state index in [1.807, 2.05) is 18.2 Å². The van der Waals surface area contributed by atoms with E-state index in [2.05, 4.69) is 26.1 Å². The number of aliphatic carboxylic acids is 1. The van der Waals surface area contributed by atoms with Crippen molar-refractivity contribution >= 4 is 11.9 Å². The molecule has 0 aliphatic rings. The molecule has 0 unspecified atom stereocenters. The van der Waals surface area contributed by atoms with Gasteiger partial charge in [0.05, 0.1) is 13.7 Å². The zero-order valence-electron chi connectivity index (χ0n) is 14.1. The van der Waals surface area contributed by atoms with Crippen molar-refractivity contribution in [1.82, 2.24) is 5.32 Å². The second-order valence-electron chi connectivity index (χ2n) is 6.18. The van der Waals surface area contributed by atoms with Crippen LogP contribution in [0.25, 0.3) is 0 Å². The van der Waals surface area contributed by atoms with Crippen molar-refractivity contribution in [3.8, 4) is 11.5 Å². The normalized spacial score (nSPS) is 11.0. The first-order chi connectivity index (χ1) is 10.7. The fourth-order valence-electron chi connectivity index (χ4n) is 2.00. The van der Waals surface area contributed by atoms with Gasteiger partial charge in [0.1, 0.15) is 18.1 Å². The summed E-state index contributed by atoms with van der Waals surface area (Å²) in [4.78, 5) is 21.7. The predicted octanol–water partition coefficient (Wildman–Crippen LogP) is 1.02. The van der Waals surface area contributed by atoms with E-state index in [1.165, 1.54) is 0 Å². The lowest BCUT2D eigenvalue weighted by atomic mass is 9.86. The first-order valence-electron chi connectivity index (χ1n) is 7.52. The van der Waals surface area contributed by atoms with Crippen LogP contribution in [0.5, 0.6) is 11.5 Å². The molecule has 6 nitrogen and oxygen atoms in total. The molecule has 1 amide bonds. The summed E-state index contributed by atoms with van der Waals surface area (Å²) < 4.78 is 11.0. The monoisotopic (exact) mass is 322 g/mol. The summed E-state index contributed by atoms with van der Waals surface area (Å²) in [5.41, 5.74) is 0.904. The largest absolute Gasteiger partial charge is 0.550 e. The van der Waals surface area contributed by atoms with Gasteiger partial charge in [-0.2, -0.15) is 0 Å². The first kappa shape index (κ1) is 18.8. The molecule has 23 heavy (non-hydrogen) atoms. The van der Waals surface area contributed by atoms with Crippen LogP contribution in [0.2, 0.25) is 0 Å². The molecule has 1 aromatic carbocycles. The maximum atomic E-state index is 11.4. The van der Waals surface area contributed by atoms with E-state index in [1.54, 1.807) is 7.11 Å². The van der Waals surface area contributed by atoms with E-state index in [0.29, 0.717) is 13.2 Å². The molecule has 1 N–H and O–H groups in total.